The molecule has 0 bridgehead atoms. The molecular weight excluding hydrogens is 596 g/mol. The Morgan fingerprint density at radius 2 is 1.51 bits per heavy atom. The number of fused-ring (bicyclic) bond motifs is 1. The van der Waals surface area contributed by atoms with Crippen molar-refractivity contribution in [3.05, 3.63) is 53.6 Å². The lowest BCUT2D eigenvalue weighted by Gasteiger charge is -2.47. The van der Waals surface area contributed by atoms with Gasteiger partial charge in [-0.15, -0.1) is 0 Å². The first-order valence-electron chi connectivity index (χ1n) is 16.9. The van der Waals surface area contributed by atoms with Gasteiger partial charge in [-0.1, -0.05) is 18.2 Å². The molecule has 0 N–H and O–H groups in total. The largest absolute Gasteiger partial charge is 0.497 e. The van der Waals surface area contributed by atoms with Crippen LogP contribution < -0.4 is 14.5 Å². The maximum atomic E-state index is 14.2. The van der Waals surface area contributed by atoms with E-state index in [0.29, 0.717) is 25.3 Å². The van der Waals surface area contributed by atoms with E-state index in [9.17, 15) is 19.2 Å². The Morgan fingerprint density at radius 1 is 0.894 bits per heavy atom. The van der Waals surface area contributed by atoms with Crippen molar-refractivity contribution in [3.8, 4) is 5.75 Å². The van der Waals surface area contributed by atoms with Crippen LogP contribution in [0.1, 0.15) is 84.3 Å². The Morgan fingerprint density at radius 3 is 2.13 bits per heavy atom. The molecule has 47 heavy (non-hydrogen) atoms. The second kappa shape index (κ2) is 12.2. The second-order valence-corrected chi connectivity index (χ2v) is 15.1. The van der Waals surface area contributed by atoms with E-state index in [2.05, 4.69) is 11.0 Å². The Hall–Kier alpha value is -4.08. The van der Waals surface area contributed by atoms with Crippen LogP contribution in [0.2, 0.25) is 0 Å². The van der Waals surface area contributed by atoms with E-state index in [1.807, 2.05) is 75.9 Å². The number of methoxy groups -OCH3 is 1. The van der Waals surface area contributed by atoms with Crippen molar-refractivity contribution in [2.24, 2.45) is 5.41 Å². The van der Waals surface area contributed by atoms with Crippen molar-refractivity contribution in [1.29, 1.82) is 0 Å². The predicted molar refractivity (Wildman–Crippen MR) is 179 cm³/mol. The highest BCUT2D eigenvalue weighted by atomic mass is 16.6. The summed E-state index contributed by atoms with van der Waals surface area (Å²) >= 11 is 0. The van der Waals surface area contributed by atoms with Gasteiger partial charge in [0.1, 0.15) is 17.4 Å². The number of ether oxygens (including phenoxy) is 2. The van der Waals surface area contributed by atoms with E-state index in [1.165, 1.54) is 4.90 Å². The first-order valence-corrected chi connectivity index (χ1v) is 16.9. The quantitative estimate of drug-likeness (QED) is 0.388. The fourth-order valence-electron chi connectivity index (χ4n) is 7.81. The molecule has 3 saturated heterocycles. The Labute approximate surface area is 278 Å². The predicted octanol–water partition coefficient (Wildman–Crippen LogP) is 5.65. The molecule has 10 nitrogen and oxygen atoms in total. The standard InChI is InChI=1S/C37H48N4O6/c1-35(2,3)47-34(45)39-22-18-37(19-23-39)16-20-38(21-17-37)27-8-7-9-28-31(27)36(4,5)33(44)41(28)29-14-15-30(42)40(32(29)43)24-25-10-12-26(46-6)13-11-25/h7-13,29H,14-24H2,1-6H3. The van der Waals surface area contributed by atoms with Gasteiger partial charge < -0.3 is 19.3 Å². The maximum absolute atomic E-state index is 14.2. The summed E-state index contributed by atoms with van der Waals surface area (Å²) in [6.45, 7) is 12.9. The Bertz CT molecular complexity index is 1540. The molecule has 2 aromatic rings. The molecule has 0 aliphatic carbocycles. The monoisotopic (exact) mass is 644 g/mol. The van der Waals surface area contributed by atoms with Gasteiger partial charge in [-0.3, -0.25) is 24.2 Å². The third kappa shape index (κ3) is 6.19. The minimum atomic E-state index is -0.831. The zero-order valence-electron chi connectivity index (χ0n) is 28.6. The van der Waals surface area contributed by atoms with Gasteiger partial charge in [0.15, 0.2) is 0 Å². The van der Waals surface area contributed by atoms with Crippen molar-refractivity contribution >= 4 is 35.2 Å². The molecule has 0 saturated carbocycles. The van der Waals surface area contributed by atoms with Crippen molar-refractivity contribution in [2.75, 3.05) is 43.1 Å². The molecule has 4 heterocycles. The smallest absolute Gasteiger partial charge is 0.410 e. The summed E-state index contributed by atoms with van der Waals surface area (Å²) in [5, 5.41) is 0. The van der Waals surface area contributed by atoms with Crippen LogP contribution in [-0.2, 0) is 31.1 Å². The van der Waals surface area contributed by atoms with Crippen LogP contribution in [0.3, 0.4) is 0 Å². The number of anilines is 2. The molecule has 1 spiro atoms. The fourth-order valence-corrected chi connectivity index (χ4v) is 7.81. The van der Waals surface area contributed by atoms with Crippen LogP contribution in [0.5, 0.6) is 5.75 Å². The summed E-state index contributed by atoms with van der Waals surface area (Å²) in [7, 11) is 1.59. The molecule has 4 amide bonds. The summed E-state index contributed by atoms with van der Waals surface area (Å²) in [6.07, 6.45) is 4.22. The van der Waals surface area contributed by atoms with Crippen LogP contribution in [0, 0.1) is 5.41 Å². The fraction of sp³-hybridized carbons (Fsp3) is 0.568. The Balaban J connectivity index is 1.18. The van der Waals surface area contributed by atoms with Crippen molar-refractivity contribution in [1.82, 2.24) is 9.80 Å². The van der Waals surface area contributed by atoms with Crippen LogP contribution in [-0.4, -0.2) is 78.5 Å². The number of amides is 4. The third-order valence-corrected chi connectivity index (χ3v) is 10.6. The van der Waals surface area contributed by atoms with Gasteiger partial charge in [-0.2, -0.15) is 0 Å². The summed E-state index contributed by atoms with van der Waals surface area (Å²) in [5.41, 5.74) is 2.44. The topological polar surface area (TPSA) is 99.7 Å². The van der Waals surface area contributed by atoms with E-state index in [-0.39, 0.29) is 42.2 Å². The highest BCUT2D eigenvalue weighted by Gasteiger charge is 2.52. The number of benzene rings is 2. The molecule has 10 heteroatoms. The van der Waals surface area contributed by atoms with E-state index in [1.54, 1.807) is 12.0 Å². The summed E-state index contributed by atoms with van der Waals surface area (Å²) in [5.74, 6) is 0.0333. The number of carbonyl (C=O) groups excluding carboxylic acids is 4. The zero-order valence-corrected chi connectivity index (χ0v) is 28.6. The van der Waals surface area contributed by atoms with Crippen molar-refractivity contribution in [2.45, 2.75) is 96.7 Å². The molecule has 1 atom stereocenters. The second-order valence-electron chi connectivity index (χ2n) is 15.1. The molecule has 252 valence electrons. The molecule has 2 aromatic carbocycles. The van der Waals surface area contributed by atoms with Gasteiger partial charge in [0.25, 0.3) is 5.91 Å². The van der Waals surface area contributed by atoms with E-state index in [0.717, 1.165) is 61.3 Å². The minimum Gasteiger partial charge on any atom is -0.497 e. The number of rotatable bonds is 5. The minimum absolute atomic E-state index is 0.111. The van der Waals surface area contributed by atoms with E-state index >= 15 is 0 Å². The van der Waals surface area contributed by atoms with E-state index < -0.39 is 17.1 Å². The average molecular weight is 645 g/mol. The maximum Gasteiger partial charge on any atom is 0.410 e. The lowest BCUT2D eigenvalue weighted by molar-refractivity contribution is -0.150. The SMILES string of the molecule is COc1ccc(CN2C(=O)CCC(N3C(=O)C(C)(C)c4c(N5CCC6(CCN(C(=O)OC(C)(C)C)CC6)CC5)cccc43)C2=O)cc1. The first-order chi connectivity index (χ1) is 22.2. The van der Waals surface area contributed by atoms with Gasteiger partial charge in [0, 0.05) is 43.9 Å². The molecule has 3 fully saturated rings. The molecule has 4 aliphatic rings. The third-order valence-electron chi connectivity index (χ3n) is 10.6. The van der Waals surface area contributed by atoms with E-state index in [4.69, 9.17) is 9.47 Å². The zero-order chi connectivity index (χ0) is 33.7. The highest BCUT2D eigenvalue weighted by Crippen LogP contribution is 2.50. The van der Waals surface area contributed by atoms with Gasteiger partial charge >= 0.3 is 6.09 Å². The summed E-state index contributed by atoms with van der Waals surface area (Å²) in [6, 6.07) is 12.6. The van der Waals surface area contributed by atoms with Crippen LogP contribution in [0.4, 0.5) is 16.2 Å². The number of nitrogens with zero attached hydrogens (tertiary/aromatic N) is 4. The van der Waals surface area contributed by atoms with Gasteiger partial charge in [-0.25, -0.2) is 4.79 Å². The number of hydrogen-bond acceptors (Lipinski definition) is 7. The number of imide groups is 1. The lowest BCUT2D eigenvalue weighted by Crippen LogP contribution is -2.56. The lowest BCUT2D eigenvalue weighted by atomic mass is 9.71. The van der Waals surface area contributed by atoms with Gasteiger partial charge in [0.05, 0.1) is 24.8 Å². The molecule has 6 rings (SSSR count). The van der Waals surface area contributed by atoms with Crippen molar-refractivity contribution in [3.63, 3.8) is 0 Å². The number of piperidine rings is 3. The van der Waals surface area contributed by atoms with Crippen LogP contribution in [0.15, 0.2) is 42.5 Å². The van der Waals surface area contributed by atoms with Crippen molar-refractivity contribution < 1.29 is 28.7 Å². The summed E-state index contributed by atoms with van der Waals surface area (Å²) in [4.78, 5) is 61.0. The number of likely N-dealkylation sites (tertiary alicyclic amines) is 2. The molecule has 1 unspecified atom stereocenters. The molecule has 0 radical (unpaired) electrons. The summed E-state index contributed by atoms with van der Waals surface area (Å²) < 4.78 is 10.9. The average Bonchev–Trinajstić information content (AvgIpc) is 3.24. The highest BCUT2D eigenvalue weighted by molar-refractivity contribution is 6.14. The molecule has 0 aromatic heterocycles. The van der Waals surface area contributed by atoms with Gasteiger partial charge in [0.2, 0.25) is 11.8 Å². The number of carbonyl (C=O) groups is 4. The molecular formula is C37H48N4O6. The first kappa shape index (κ1) is 32.8. The van der Waals surface area contributed by atoms with Crippen LogP contribution >= 0.6 is 0 Å². The number of hydrogen-bond donors (Lipinski definition) is 0. The van der Waals surface area contributed by atoms with Gasteiger partial charge in [-0.05, 0) is 102 Å². The molecule has 4 aliphatic heterocycles. The Kier molecular flexibility index (Phi) is 8.51. The normalized spacial score (nSPS) is 22.5. The van der Waals surface area contributed by atoms with Crippen LogP contribution in [0.25, 0.3) is 0 Å².